The van der Waals surface area contributed by atoms with E-state index in [1.165, 1.54) is 0 Å². The van der Waals surface area contributed by atoms with Gasteiger partial charge in [0.1, 0.15) is 6.04 Å². The van der Waals surface area contributed by atoms with E-state index in [2.05, 4.69) is 0 Å². The fraction of sp³-hybridized carbons (Fsp3) is 0.857. The lowest BCUT2D eigenvalue weighted by Gasteiger charge is -2.07. The van der Waals surface area contributed by atoms with E-state index >= 15 is 0 Å². The van der Waals surface area contributed by atoms with Gasteiger partial charge in [0.2, 0.25) is 0 Å². The van der Waals surface area contributed by atoms with Crippen LogP contribution in [0, 0.1) is 0 Å². The Bertz CT molecular complexity index is 181. The van der Waals surface area contributed by atoms with Crippen LogP contribution in [-0.2, 0) is 15.6 Å². The molecule has 0 amide bonds. The summed E-state index contributed by atoms with van der Waals surface area (Å²) in [6, 6.07) is -0.882. The second-order valence-electron chi connectivity index (χ2n) is 2.87. The third-order valence-corrected chi connectivity index (χ3v) is 3.16. The Morgan fingerprint density at radius 2 is 2.08 bits per heavy atom. The molecule has 0 saturated heterocycles. The lowest BCUT2D eigenvalue weighted by atomic mass is 10.2. The van der Waals surface area contributed by atoms with Gasteiger partial charge in [-0.25, -0.2) is 0 Å². The minimum Gasteiger partial charge on any atom is -0.480 e. The number of aliphatic carboxylic acids is 1. The number of rotatable bonds is 5. The Morgan fingerprint density at radius 3 is 2.42 bits per heavy atom. The van der Waals surface area contributed by atoms with Crippen molar-refractivity contribution in [2.24, 2.45) is 5.73 Å². The van der Waals surface area contributed by atoms with Gasteiger partial charge in [0.05, 0.1) is 0 Å². The molecule has 0 aromatic carbocycles. The average Bonchev–Trinajstić information content (AvgIpc) is 1.98. The molecule has 0 saturated carbocycles. The highest BCUT2D eigenvalue weighted by Gasteiger charge is 2.13. The summed E-state index contributed by atoms with van der Waals surface area (Å²) in [6.45, 7) is 3.67. The van der Waals surface area contributed by atoms with E-state index in [0.29, 0.717) is 5.75 Å². The van der Waals surface area contributed by atoms with E-state index in [1.54, 1.807) is 0 Å². The van der Waals surface area contributed by atoms with Crippen molar-refractivity contribution in [2.75, 3.05) is 5.75 Å². The topological polar surface area (TPSA) is 80.4 Å². The van der Waals surface area contributed by atoms with E-state index < -0.39 is 22.8 Å². The Labute approximate surface area is 74.6 Å². The maximum absolute atomic E-state index is 11.1. The monoisotopic (exact) mass is 193 g/mol. The molecular formula is C7H15NO3S. The summed E-state index contributed by atoms with van der Waals surface area (Å²) in [5.74, 6) is -0.666. The second kappa shape index (κ2) is 5.27. The summed E-state index contributed by atoms with van der Waals surface area (Å²) < 4.78 is 11.1. The first kappa shape index (κ1) is 11.6. The lowest BCUT2D eigenvalue weighted by Crippen LogP contribution is -2.32. The van der Waals surface area contributed by atoms with Crippen molar-refractivity contribution in [3.63, 3.8) is 0 Å². The van der Waals surface area contributed by atoms with Crippen molar-refractivity contribution in [3.05, 3.63) is 0 Å². The van der Waals surface area contributed by atoms with Gasteiger partial charge in [0.25, 0.3) is 0 Å². The molecule has 0 unspecified atom stereocenters. The second-order valence-corrected chi connectivity index (χ2v) is 4.98. The molecule has 2 atom stereocenters. The predicted molar refractivity (Wildman–Crippen MR) is 48.4 cm³/mol. The van der Waals surface area contributed by atoms with E-state index in [4.69, 9.17) is 10.8 Å². The molecule has 0 aliphatic heterocycles. The molecular weight excluding hydrogens is 178 g/mol. The largest absolute Gasteiger partial charge is 0.480 e. The summed E-state index contributed by atoms with van der Waals surface area (Å²) in [7, 11) is -0.952. The molecule has 0 fully saturated rings. The van der Waals surface area contributed by atoms with E-state index in [9.17, 15) is 9.00 Å². The predicted octanol–water partition coefficient (Wildman–Crippen LogP) is -0.0545. The molecule has 0 radical (unpaired) electrons. The van der Waals surface area contributed by atoms with Crippen LogP contribution in [0.4, 0.5) is 0 Å². The molecule has 4 nitrogen and oxygen atoms in total. The maximum atomic E-state index is 11.1. The molecule has 72 valence electrons. The Hall–Kier alpha value is -0.420. The highest BCUT2D eigenvalue weighted by molar-refractivity contribution is 7.85. The van der Waals surface area contributed by atoms with Crippen LogP contribution < -0.4 is 5.73 Å². The van der Waals surface area contributed by atoms with Crippen molar-refractivity contribution in [3.8, 4) is 0 Å². The van der Waals surface area contributed by atoms with Crippen molar-refractivity contribution in [2.45, 2.75) is 31.6 Å². The third kappa shape index (κ3) is 4.46. The van der Waals surface area contributed by atoms with Crippen LogP contribution >= 0.6 is 0 Å². The highest BCUT2D eigenvalue weighted by Crippen LogP contribution is 1.98. The van der Waals surface area contributed by atoms with Gasteiger partial charge in [-0.05, 0) is 6.42 Å². The van der Waals surface area contributed by atoms with Crippen molar-refractivity contribution in [1.29, 1.82) is 0 Å². The fourth-order valence-electron chi connectivity index (χ4n) is 0.602. The van der Waals surface area contributed by atoms with E-state index in [0.717, 1.165) is 0 Å². The molecule has 0 aromatic heterocycles. The smallest absolute Gasteiger partial charge is 0.320 e. The zero-order valence-corrected chi connectivity index (χ0v) is 8.13. The first-order valence-corrected chi connectivity index (χ1v) is 5.19. The van der Waals surface area contributed by atoms with Crippen molar-refractivity contribution in [1.82, 2.24) is 0 Å². The first-order chi connectivity index (χ1) is 5.45. The van der Waals surface area contributed by atoms with Gasteiger partial charge in [0, 0.05) is 21.8 Å². The summed E-state index contributed by atoms with van der Waals surface area (Å²) in [4.78, 5) is 10.3. The number of carboxylic acids is 1. The molecule has 5 heteroatoms. The lowest BCUT2D eigenvalue weighted by molar-refractivity contribution is -0.138. The zero-order valence-electron chi connectivity index (χ0n) is 7.32. The van der Waals surface area contributed by atoms with Gasteiger partial charge >= 0.3 is 5.97 Å². The summed E-state index contributed by atoms with van der Waals surface area (Å²) >= 11 is 0. The molecule has 0 aromatic rings. The third-order valence-electron chi connectivity index (χ3n) is 1.47. The van der Waals surface area contributed by atoms with Crippen LogP contribution in [0.15, 0.2) is 0 Å². The molecule has 0 aliphatic carbocycles. The van der Waals surface area contributed by atoms with Crippen molar-refractivity contribution >= 4 is 16.8 Å². The molecule has 0 spiro atoms. The number of carbonyl (C=O) groups is 1. The normalized spacial score (nSPS) is 16.0. The van der Waals surface area contributed by atoms with Gasteiger partial charge in [-0.3, -0.25) is 9.00 Å². The van der Waals surface area contributed by atoms with Gasteiger partial charge in [-0.1, -0.05) is 13.8 Å². The molecule has 3 N–H and O–H groups in total. The van der Waals surface area contributed by atoms with Crippen molar-refractivity contribution < 1.29 is 14.1 Å². The van der Waals surface area contributed by atoms with Gasteiger partial charge < -0.3 is 10.8 Å². The van der Waals surface area contributed by atoms with Gasteiger partial charge in [-0.2, -0.15) is 0 Å². The number of nitrogens with two attached hydrogens (primary N) is 1. The average molecular weight is 193 g/mol. The number of hydrogen-bond acceptors (Lipinski definition) is 3. The zero-order chi connectivity index (χ0) is 9.72. The summed E-state index contributed by atoms with van der Waals surface area (Å²) in [5.41, 5.74) is 5.23. The quantitative estimate of drug-likeness (QED) is 0.641. The van der Waals surface area contributed by atoms with Gasteiger partial charge in [0.15, 0.2) is 0 Å². The molecule has 12 heavy (non-hydrogen) atoms. The Kier molecular flexibility index (Phi) is 5.08. The molecule has 0 rings (SSSR count). The highest BCUT2D eigenvalue weighted by atomic mass is 32.2. The summed E-state index contributed by atoms with van der Waals surface area (Å²) in [6.07, 6.45) is 0.278. The van der Waals surface area contributed by atoms with Crippen LogP contribution in [0.1, 0.15) is 20.3 Å². The maximum Gasteiger partial charge on any atom is 0.320 e. The van der Waals surface area contributed by atoms with Crippen LogP contribution in [0.3, 0.4) is 0 Å². The van der Waals surface area contributed by atoms with Gasteiger partial charge in [-0.15, -0.1) is 0 Å². The minimum atomic E-state index is -1.03. The Balaban J connectivity index is 3.69. The SMILES string of the molecule is CC(C)[S@@](=O)CC[C@@H](N)C(=O)O. The fourth-order valence-corrected chi connectivity index (χ4v) is 1.56. The van der Waals surface area contributed by atoms with Crippen LogP contribution in [0.2, 0.25) is 0 Å². The van der Waals surface area contributed by atoms with E-state index in [-0.39, 0.29) is 11.7 Å². The van der Waals surface area contributed by atoms with Crippen LogP contribution in [0.5, 0.6) is 0 Å². The molecule has 0 aliphatic rings. The Morgan fingerprint density at radius 1 is 1.58 bits per heavy atom. The van der Waals surface area contributed by atoms with Crippen LogP contribution in [-0.4, -0.2) is 32.3 Å². The minimum absolute atomic E-state index is 0.0750. The first-order valence-electron chi connectivity index (χ1n) is 3.80. The standard InChI is InChI=1S/C7H15NO3S/c1-5(2)12(11)4-3-6(8)7(9)10/h5-6H,3-4,8H2,1-2H3,(H,9,10)/t6-,12+/m1/s1. The molecule has 0 bridgehead atoms. The van der Waals surface area contributed by atoms with E-state index in [1.807, 2.05) is 13.8 Å². The summed E-state index contributed by atoms with van der Waals surface area (Å²) in [5, 5.41) is 8.48. The number of carboxylic acid groups (broad SMARTS) is 1. The number of hydrogen-bond donors (Lipinski definition) is 2. The van der Waals surface area contributed by atoms with Crippen LogP contribution in [0.25, 0.3) is 0 Å². The molecule has 0 heterocycles.